The minimum Gasteiger partial charge on any atom is -0.492 e. The first-order valence-corrected chi connectivity index (χ1v) is 9.51. The van der Waals surface area contributed by atoms with Gasteiger partial charge in [-0.25, -0.2) is 8.42 Å². The minimum atomic E-state index is -3.25. The highest BCUT2D eigenvalue weighted by atomic mass is 32.2. The van der Waals surface area contributed by atoms with Crippen LogP contribution in [0.3, 0.4) is 0 Å². The lowest BCUT2D eigenvalue weighted by Crippen LogP contribution is -2.23. The number of fused-ring (bicyclic) bond motifs is 1. The average molecular weight is 345 g/mol. The molecule has 1 aliphatic heterocycles. The van der Waals surface area contributed by atoms with E-state index < -0.39 is 9.84 Å². The number of amides is 1. The molecular weight excluding hydrogens is 326 g/mol. The van der Waals surface area contributed by atoms with Gasteiger partial charge in [-0.05, 0) is 29.3 Å². The van der Waals surface area contributed by atoms with Crippen molar-refractivity contribution in [1.82, 2.24) is 5.32 Å². The molecule has 1 amide bonds. The largest absolute Gasteiger partial charge is 0.492 e. The van der Waals surface area contributed by atoms with Crippen molar-refractivity contribution in [3.63, 3.8) is 0 Å². The Labute approximate surface area is 141 Å². The van der Waals surface area contributed by atoms with Crippen LogP contribution in [0.5, 0.6) is 5.75 Å². The van der Waals surface area contributed by atoms with Crippen molar-refractivity contribution in [2.24, 2.45) is 0 Å². The molecule has 0 atom stereocenters. The van der Waals surface area contributed by atoms with Crippen molar-refractivity contribution in [2.75, 3.05) is 12.4 Å². The number of para-hydroxylation sites is 1. The summed E-state index contributed by atoms with van der Waals surface area (Å²) in [7, 11) is -3.25. The number of rotatable bonds is 5. The Balaban J connectivity index is 1.74. The smallest absolute Gasteiger partial charge is 0.255 e. The van der Waals surface area contributed by atoms with Crippen LogP contribution in [0.2, 0.25) is 0 Å². The molecule has 0 saturated carbocycles. The number of sulfone groups is 1. The Hall–Kier alpha value is -2.34. The third kappa shape index (κ3) is 3.28. The molecule has 0 aliphatic carbocycles. The second-order valence-corrected chi connectivity index (χ2v) is 7.90. The summed E-state index contributed by atoms with van der Waals surface area (Å²) in [6, 6.07) is 12.2. The molecule has 3 rings (SSSR count). The molecule has 1 heterocycles. The van der Waals surface area contributed by atoms with Gasteiger partial charge in [0, 0.05) is 13.0 Å². The average Bonchev–Trinajstić information content (AvgIpc) is 3.08. The monoisotopic (exact) mass is 345 g/mol. The van der Waals surface area contributed by atoms with E-state index in [0.29, 0.717) is 17.9 Å². The third-order valence-corrected chi connectivity index (χ3v) is 5.78. The van der Waals surface area contributed by atoms with E-state index in [9.17, 15) is 13.2 Å². The third-order valence-electron chi connectivity index (χ3n) is 4.05. The fourth-order valence-electron chi connectivity index (χ4n) is 2.69. The first kappa shape index (κ1) is 16.5. The maximum absolute atomic E-state index is 12.4. The SMILES string of the molecule is CCS(=O)(=O)c1cccc(CNC(=O)c2cccc3c2OCC3)c1. The van der Waals surface area contributed by atoms with Crippen LogP contribution in [-0.2, 0) is 22.8 Å². The van der Waals surface area contributed by atoms with Crippen LogP contribution < -0.4 is 10.1 Å². The van der Waals surface area contributed by atoms with Crippen molar-refractivity contribution in [2.45, 2.75) is 24.8 Å². The van der Waals surface area contributed by atoms with E-state index in [-0.39, 0.29) is 23.1 Å². The van der Waals surface area contributed by atoms with E-state index in [1.54, 1.807) is 37.3 Å². The van der Waals surface area contributed by atoms with Gasteiger partial charge in [0.1, 0.15) is 5.75 Å². The van der Waals surface area contributed by atoms with Gasteiger partial charge in [-0.2, -0.15) is 0 Å². The van der Waals surface area contributed by atoms with Gasteiger partial charge in [0.2, 0.25) is 0 Å². The Kier molecular flexibility index (Phi) is 4.57. The molecule has 126 valence electrons. The van der Waals surface area contributed by atoms with E-state index in [1.807, 2.05) is 12.1 Å². The molecule has 0 radical (unpaired) electrons. The maximum atomic E-state index is 12.4. The van der Waals surface area contributed by atoms with E-state index in [0.717, 1.165) is 17.5 Å². The summed E-state index contributed by atoms with van der Waals surface area (Å²) in [5.74, 6) is 0.478. The Morgan fingerprint density at radius 1 is 1.21 bits per heavy atom. The molecule has 6 heteroatoms. The number of benzene rings is 2. The van der Waals surface area contributed by atoms with Crippen molar-refractivity contribution < 1.29 is 17.9 Å². The number of ether oxygens (including phenoxy) is 1. The van der Waals surface area contributed by atoms with Crippen molar-refractivity contribution in [1.29, 1.82) is 0 Å². The maximum Gasteiger partial charge on any atom is 0.255 e. The molecule has 1 aliphatic rings. The van der Waals surface area contributed by atoms with Gasteiger partial charge < -0.3 is 10.1 Å². The summed E-state index contributed by atoms with van der Waals surface area (Å²) < 4.78 is 29.4. The Bertz CT molecular complexity index is 874. The highest BCUT2D eigenvalue weighted by Gasteiger charge is 2.20. The highest BCUT2D eigenvalue weighted by Crippen LogP contribution is 2.29. The molecule has 1 N–H and O–H groups in total. The molecule has 5 nitrogen and oxygen atoms in total. The zero-order valence-corrected chi connectivity index (χ0v) is 14.2. The lowest BCUT2D eigenvalue weighted by Gasteiger charge is -2.10. The van der Waals surface area contributed by atoms with E-state index in [4.69, 9.17) is 4.74 Å². The fourth-order valence-corrected chi connectivity index (χ4v) is 3.64. The van der Waals surface area contributed by atoms with Crippen molar-refractivity contribution in [3.8, 4) is 5.75 Å². The first-order valence-electron chi connectivity index (χ1n) is 7.86. The molecule has 0 bridgehead atoms. The van der Waals surface area contributed by atoms with Crippen LogP contribution in [-0.4, -0.2) is 26.7 Å². The summed E-state index contributed by atoms with van der Waals surface area (Å²) >= 11 is 0. The molecule has 0 spiro atoms. The molecule has 2 aromatic carbocycles. The van der Waals surface area contributed by atoms with Gasteiger partial charge in [-0.1, -0.05) is 31.2 Å². The van der Waals surface area contributed by atoms with Crippen LogP contribution in [0, 0.1) is 0 Å². The first-order chi connectivity index (χ1) is 11.5. The second kappa shape index (κ2) is 6.65. The van der Waals surface area contributed by atoms with Gasteiger partial charge in [0.05, 0.1) is 22.8 Å². The van der Waals surface area contributed by atoms with Gasteiger partial charge in [-0.3, -0.25) is 4.79 Å². The molecule has 0 fully saturated rings. The molecular formula is C18H19NO4S. The van der Waals surface area contributed by atoms with E-state index >= 15 is 0 Å². The molecule has 2 aromatic rings. The quantitative estimate of drug-likeness (QED) is 0.903. The minimum absolute atomic E-state index is 0.0519. The Morgan fingerprint density at radius 2 is 2.00 bits per heavy atom. The molecule has 0 aromatic heterocycles. The summed E-state index contributed by atoms with van der Waals surface area (Å²) in [5.41, 5.74) is 2.30. The fraction of sp³-hybridized carbons (Fsp3) is 0.278. The van der Waals surface area contributed by atoms with Crippen LogP contribution >= 0.6 is 0 Å². The standard InChI is InChI=1S/C18H19NO4S/c1-2-24(21,22)15-7-3-5-13(11-15)12-19-18(20)16-8-4-6-14-9-10-23-17(14)16/h3-8,11H,2,9-10,12H2,1H3,(H,19,20). The van der Waals surface area contributed by atoms with E-state index in [2.05, 4.69) is 5.32 Å². The molecule has 0 unspecified atom stereocenters. The second-order valence-electron chi connectivity index (χ2n) is 5.63. The predicted octanol–water partition coefficient (Wildman–Crippen LogP) is 2.35. The summed E-state index contributed by atoms with van der Waals surface area (Å²) in [6.07, 6.45) is 0.813. The topological polar surface area (TPSA) is 72.5 Å². The predicted molar refractivity (Wildman–Crippen MR) is 91.0 cm³/mol. The molecule has 24 heavy (non-hydrogen) atoms. The van der Waals surface area contributed by atoms with Crippen LogP contribution in [0.4, 0.5) is 0 Å². The van der Waals surface area contributed by atoms with E-state index in [1.165, 1.54) is 0 Å². The van der Waals surface area contributed by atoms with Crippen LogP contribution in [0.25, 0.3) is 0 Å². The lowest BCUT2D eigenvalue weighted by molar-refractivity contribution is 0.0947. The summed E-state index contributed by atoms with van der Waals surface area (Å²) in [6.45, 7) is 2.46. The number of carbonyl (C=O) groups excluding carboxylic acids is 1. The Morgan fingerprint density at radius 3 is 2.79 bits per heavy atom. The summed E-state index contributed by atoms with van der Waals surface area (Å²) in [5, 5.41) is 2.83. The summed E-state index contributed by atoms with van der Waals surface area (Å²) in [4.78, 5) is 12.7. The van der Waals surface area contributed by atoms with Gasteiger partial charge in [-0.15, -0.1) is 0 Å². The van der Waals surface area contributed by atoms with Crippen molar-refractivity contribution >= 4 is 15.7 Å². The van der Waals surface area contributed by atoms with Gasteiger partial charge in [0.15, 0.2) is 9.84 Å². The lowest BCUT2D eigenvalue weighted by atomic mass is 10.1. The number of carbonyl (C=O) groups is 1. The van der Waals surface area contributed by atoms with Crippen molar-refractivity contribution in [3.05, 3.63) is 59.2 Å². The number of nitrogens with one attached hydrogen (secondary N) is 1. The normalized spacial score (nSPS) is 13.2. The zero-order valence-electron chi connectivity index (χ0n) is 13.4. The number of hydrogen-bond acceptors (Lipinski definition) is 4. The van der Waals surface area contributed by atoms with Crippen LogP contribution in [0.15, 0.2) is 47.4 Å². The van der Waals surface area contributed by atoms with Gasteiger partial charge in [0.25, 0.3) is 5.91 Å². The zero-order chi connectivity index (χ0) is 17.2. The highest BCUT2D eigenvalue weighted by molar-refractivity contribution is 7.91. The number of hydrogen-bond donors (Lipinski definition) is 1. The van der Waals surface area contributed by atoms with Gasteiger partial charge >= 0.3 is 0 Å². The molecule has 0 saturated heterocycles. The van der Waals surface area contributed by atoms with Crippen LogP contribution in [0.1, 0.15) is 28.4 Å².